The molecule has 164 valence electrons. The number of aromatic nitrogens is 2. The van der Waals surface area contributed by atoms with Crippen molar-refractivity contribution in [2.75, 3.05) is 18.4 Å². The van der Waals surface area contributed by atoms with E-state index in [1.807, 2.05) is 26.0 Å². The molecule has 0 aliphatic carbocycles. The molecular weight excluding hydrogens is 456 g/mol. The molecule has 0 saturated carbocycles. The predicted octanol–water partition coefficient (Wildman–Crippen LogP) is 4.92. The predicted molar refractivity (Wildman–Crippen MR) is 124 cm³/mol. The number of nitrogens with zero attached hydrogens (tertiary/aromatic N) is 3. The molecule has 31 heavy (non-hydrogen) atoms. The van der Waals surface area contributed by atoms with E-state index in [1.165, 1.54) is 39.9 Å². The Kier molecular flexibility index (Phi) is 7.77. The van der Waals surface area contributed by atoms with Crippen LogP contribution in [0.15, 0.2) is 53.4 Å². The highest BCUT2D eigenvalue weighted by atomic mass is 35.5. The van der Waals surface area contributed by atoms with Crippen LogP contribution in [0.25, 0.3) is 10.6 Å². The van der Waals surface area contributed by atoms with Crippen LogP contribution in [-0.2, 0) is 10.0 Å². The van der Waals surface area contributed by atoms with E-state index in [0.29, 0.717) is 33.8 Å². The number of anilines is 1. The van der Waals surface area contributed by atoms with Crippen LogP contribution in [-0.4, -0.2) is 41.9 Å². The highest BCUT2D eigenvalue weighted by molar-refractivity contribution is 7.89. The van der Waals surface area contributed by atoms with Crippen molar-refractivity contribution in [1.29, 1.82) is 0 Å². The molecule has 2 aromatic carbocycles. The van der Waals surface area contributed by atoms with Crippen molar-refractivity contribution in [3.63, 3.8) is 0 Å². The molecule has 3 aromatic rings. The number of sulfonamides is 1. The van der Waals surface area contributed by atoms with Gasteiger partial charge >= 0.3 is 0 Å². The van der Waals surface area contributed by atoms with Crippen molar-refractivity contribution >= 4 is 44.0 Å². The first-order valence-corrected chi connectivity index (χ1v) is 12.5. The van der Waals surface area contributed by atoms with E-state index in [2.05, 4.69) is 15.5 Å². The van der Waals surface area contributed by atoms with E-state index < -0.39 is 10.0 Å². The van der Waals surface area contributed by atoms with Gasteiger partial charge in [0.2, 0.25) is 15.2 Å². The van der Waals surface area contributed by atoms with Gasteiger partial charge < -0.3 is 0 Å². The molecule has 10 heteroatoms. The van der Waals surface area contributed by atoms with Gasteiger partial charge in [-0.05, 0) is 49.2 Å². The third kappa shape index (κ3) is 5.68. The van der Waals surface area contributed by atoms with Gasteiger partial charge in [-0.2, -0.15) is 4.31 Å². The summed E-state index contributed by atoms with van der Waals surface area (Å²) in [6, 6.07) is 13.1. The van der Waals surface area contributed by atoms with E-state index in [9.17, 15) is 13.2 Å². The highest BCUT2D eigenvalue weighted by Crippen LogP contribution is 2.27. The lowest BCUT2D eigenvalue weighted by atomic mass is 10.2. The second-order valence-corrected chi connectivity index (χ2v) is 10.2. The van der Waals surface area contributed by atoms with Crippen LogP contribution in [0.2, 0.25) is 5.02 Å². The van der Waals surface area contributed by atoms with E-state index in [-0.39, 0.29) is 10.8 Å². The Morgan fingerprint density at radius 2 is 1.61 bits per heavy atom. The molecule has 0 bridgehead atoms. The molecule has 1 aromatic heterocycles. The number of nitrogens with one attached hydrogen (secondary N) is 1. The van der Waals surface area contributed by atoms with E-state index in [0.717, 1.165) is 18.4 Å². The lowest BCUT2D eigenvalue weighted by molar-refractivity contribution is 0.102. The average molecular weight is 479 g/mol. The maximum absolute atomic E-state index is 12.8. The Bertz CT molecular complexity index is 1120. The standard InChI is InChI=1S/C21H23ClN4O3S2/c1-3-13-26(14-4-2)31(28,29)18-11-7-15(8-12-18)19(27)23-21-25-24-20(30-21)16-5-9-17(22)10-6-16/h5-12H,3-4,13-14H2,1-2H3,(H,23,25,27). The van der Waals surface area contributed by atoms with Crippen molar-refractivity contribution in [2.45, 2.75) is 31.6 Å². The quantitative estimate of drug-likeness (QED) is 0.471. The number of hydrogen-bond acceptors (Lipinski definition) is 6. The molecule has 7 nitrogen and oxygen atoms in total. The molecule has 0 saturated heterocycles. The number of hydrogen-bond donors (Lipinski definition) is 1. The number of amides is 1. The van der Waals surface area contributed by atoms with Crippen LogP contribution >= 0.6 is 22.9 Å². The monoisotopic (exact) mass is 478 g/mol. The van der Waals surface area contributed by atoms with Crippen LogP contribution < -0.4 is 5.32 Å². The Morgan fingerprint density at radius 3 is 2.19 bits per heavy atom. The third-order valence-electron chi connectivity index (χ3n) is 4.44. The third-order valence-corrected chi connectivity index (χ3v) is 7.49. The number of halogens is 1. The number of rotatable bonds is 9. The zero-order chi connectivity index (χ0) is 22.4. The van der Waals surface area contributed by atoms with E-state index in [1.54, 1.807) is 12.1 Å². The molecule has 0 fully saturated rings. The normalized spacial score (nSPS) is 11.6. The summed E-state index contributed by atoms with van der Waals surface area (Å²) >= 11 is 7.14. The minimum Gasteiger partial charge on any atom is -0.296 e. The number of carbonyl (C=O) groups is 1. The molecule has 0 aliphatic heterocycles. The van der Waals surface area contributed by atoms with E-state index >= 15 is 0 Å². The molecule has 0 unspecified atom stereocenters. The van der Waals surface area contributed by atoms with Gasteiger partial charge in [0, 0.05) is 29.2 Å². The van der Waals surface area contributed by atoms with Gasteiger partial charge in [0.05, 0.1) is 4.90 Å². The van der Waals surface area contributed by atoms with Gasteiger partial charge in [-0.15, -0.1) is 10.2 Å². The Labute approximate surface area is 191 Å². The second kappa shape index (κ2) is 10.3. The lowest BCUT2D eigenvalue weighted by Crippen LogP contribution is -2.32. The molecule has 0 atom stereocenters. The van der Waals surface area contributed by atoms with Crippen molar-refractivity contribution in [3.8, 4) is 10.6 Å². The summed E-state index contributed by atoms with van der Waals surface area (Å²) in [5, 5.41) is 12.4. The summed E-state index contributed by atoms with van der Waals surface area (Å²) in [6.45, 7) is 4.81. The van der Waals surface area contributed by atoms with Crippen LogP contribution in [0.4, 0.5) is 5.13 Å². The molecule has 3 rings (SSSR count). The molecule has 0 radical (unpaired) electrons. The van der Waals surface area contributed by atoms with Gasteiger partial charge in [-0.1, -0.05) is 48.9 Å². The highest BCUT2D eigenvalue weighted by Gasteiger charge is 2.23. The fourth-order valence-corrected chi connectivity index (χ4v) is 5.42. The van der Waals surface area contributed by atoms with Crippen LogP contribution in [0.3, 0.4) is 0 Å². The first-order chi connectivity index (χ1) is 14.8. The molecule has 1 heterocycles. The molecule has 1 N–H and O–H groups in total. The number of benzene rings is 2. The first kappa shape index (κ1) is 23.3. The Hall–Kier alpha value is -2.33. The Morgan fingerprint density at radius 1 is 1.00 bits per heavy atom. The average Bonchev–Trinajstić information content (AvgIpc) is 3.22. The van der Waals surface area contributed by atoms with Crippen molar-refractivity contribution in [1.82, 2.24) is 14.5 Å². The zero-order valence-corrected chi connectivity index (χ0v) is 19.6. The van der Waals surface area contributed by atoms with Gasteiger partial charge in [0.25, 0.3) is 5.91 Å². The smallest absolute Gasteiger partial charge is 0.257 e. The summed E-state index contributed by atoms with van der Waals surface area (Å²) in [5.41, 5.74) is 1.18. The minimum absolute atomic E-state index is 0.173. The topological polar surface area (TPSA) is 92.3 Å². The maximum atomic E-state index is 12.8. The summed E-state index contributed by atoms with van der Waals surface area (Å²) in [5.74, 6) is -0.387. The SMILES string of the molecule is CCCN(CCC)S(=O)(=O)c1ccc(C(=O)Nc2nnc(-c3ccc(Cl)cc3)s2)cc1. The molecular formula is C21H23ClN4O3S2. The van der Waals surface area contributed by atoms with Crippen molar-refractivity contribution in [2.24, 2.45) is 0 Å². The summed E-state index contributed by atoms with van der Waals surface area (Å²) in [6.07, 6.45) is 1.47. The van der Waals surface area contributed by atoms with Crippen molar-refractivity contribution in [3.05, 3.63) is 59.1 Å². The van der Waals surface area contributed by atoms with Gasteiger partial charge in [0.1, 0.15) is 5.01 Å². The van der Waals surface area contributed by atoms with Crippen LogP contribution in [0.5, 0.6) is 0 Å². The first-order valence-electron chi connectivity index (χ1n) is 9.86. The summed E-state index contributed by atoms with van der Waals surface area (Å²) in [4.78, 5) is 12.7. The van der Waals surface area contributed by atoms with E-state index in [4.69, 9.17) is 11.6 Å². The fraction of sp³-hybridized carbons (Fsp3) is 0.286. The molecule has 0 spiro atoms. The Balaban J connectivity index is 1.71. The van der Waals surface area contributed by atoms with Gasteiger partial charge in [-0.3, -0.25) is 10.1 Å². The van der Waals surface area contributed by atoms with Crippen molar-refractivity contribution < 1.29 is 13.2 Å². The largest absolute Gasteiger partial charge is 0.296 e. The van der Waals surface area contributed by atoms with Crippen LogP contribution in [0.1, 0.15) is 37.0 Å². The van der Waals surface area contributed by atoms with Gasteiger partial charge in [-0.25, -0.2) is 8.42 Å². The summed E-state index contributed by atoms with van der Waals surface area (Å²) in [7, 11) is -3.59. The lowest BCUT2D eigenvalue weighted by Gasteiger charge is -2.21. The van der Waals surface area contributed by atoms with Gasteiger partial charge in [0.15, 0.2) is 0 Å². The summed E-state index contributed by atoms with van der Waals surface area (Å²) < 4.78 is 27.2. The zero-order valence-electron chi connectivity index (χ0n) is 17.2. The van der Waals surface area contributed by atoms with Crippen LogP contribution in [0, 0.1) is 0 Å². The second-order valence-electron chi connectivity index (χ2n) is 6.80. The minimum atomic E-state index is -3.59. The molecule has 1 amide bonds. The maximum Gasteiger partial charge on any atom is 0.257 e. The fourth-order valence-electron chi connectivity index (χ4n) is 2.93. The molecule has 0 aliphatic rings. The number of carbonyl (C=O) groups excluding carboxylic acids is 1.